The van der Waals surface area contributed by atoms with Gasteiger partial charge in [0.05, 0.1) is 0 Å². The van der Waals surface area contributed by atoms with Gasteiger partial charge >= 0.3 is 0 Å². The molecule has 1 aliphatic rings. The van der Waals surface area contributed by atoms with E-state index in [0.29, 0.717) is 0 Å². The van der Waals surface area contributed by atoms with Gasteiger partial charge in [-0.2, -0.15) is 0 Å². The molecule has 0 aromatic heterocycles. The van der Waals surface area contributed by atoms with E-state index in [-0.39, 0.29) is 0 Å². The first-order valence-corrected chi connectivity index (χ1v) is 8.77. The number of ether oxygens (including phenoxy) is 1. The summed E-state index contributed by atoms with van der Waals surface area (Å²) < 4.78 is 5.84. The third-order valence-electron chi connectivity index (χ3n) is 4.56. The van der Waals surface area contributed by atoms with Crippen LogP contribution in [0.3, 0.4) is 0 Å². The van der Waals surface area contributed by atoms with Gasteiger partial charge in [-0.3, -0.25) is 0 Å². The molecule has 0 unspecified atom stereocenters. The van der Waals surface area contributed by atoms with Gasteiger partial charge in [-0.25, -0.2) is 0 Å². The van der Waals surface area contributed by atoms with Crippen molar-refractivity contribution in [2.45, 2.75) is 64.2 Å². The molecule has 0 heterocycles. The second-order valence-electron chi connectivity index (χ2n) is 6.48. The zero-order valence-corrected chi connectivity index (χ0v) is 13.4. The van der Waals surface area contributed by atoms with Gasteiger partial charge in [0.1, 0.15) is 0 Å². The van der Waals surface area contributed by atoms with Crippen LogP contribution in [0.4, 0.5) is 5.69 Å². The summed E-state index contributed by atoms with van der Waals surface area (Å²) in [6.07, 6.45) is 13.3. The predicted octanol–water partition coefficient (Wildman–Crippen LogP) is 4.97. The molecule has 0 atom stereocenters. The summed E-state index contributed by atoms with van der Waals surface area (Å²) in [6.45, 7) is 1.96. The summed E-state index contributed by atoms with van der Waals surface area (Å²) in [6, 6.07) is 8.27. The van der Waals surface area contributed by atoms with Crippen LogP contribution in [0.1, 0.15) is 63.4 Å². The van der Waals surface area contributed by atoms with Crippen LogP contribution < -0.4 is 5.73 Å². The molecule has 2 rings (SSSR count). The van der Waals surface area contributed by atoms with Crippen molar-refractivity contribution in [2.24, 2.45) is 5.92 Å². The molecule has 1 fully saturated rings. The zero-order chi connectivity index (χ0) is 14.8. The molecule has 0 saturated heterocycles. The van der Waals surface area contributed by atoms with Crippen molar-refractivity contribution >= 4 is 5.69 Å². The van der Waals surface area contributed by atoms with Crippen molar-refractivity contribution in [3.63, 3.8) is 0 Å². The Morgan fingerprint density at radius 1 is 0.905 bits per heavy atom. The second kappa shape index (κ2) is 9.83. The molecule has 0 bridgehead atoms. The molecule has 0 spiro atoms. The highest BCUT2D eigenvalue weighted by Crippen LogP contribution is 2.23. The summed E-state index contributed by atoms with van der Waals surface area (Å²) in [5, 5.41) is 0. The Labute approximate surface area is 130 Å². The molecule has 21 heavy (non-hydrogen) atoms. The molecular weight excluding hydrogens is 258 g/mol. The number of nitrogens with two attached hydrogens (primary N) is 1. The molecule has 2 N–H and O–H groups in total. The van der Waals surface area contributed by atoms with Gasteiger partial charge in [0.25, 0.3) is 0 Å². The molecule has 0 aliphatic heterocycles. The van der Waals surface area contributed by atoms with Crippen LogP contribution >= 0.6 is 0 Å². The molecule has 2 heteroatoms. The lowest BCUT2D eigenvalue weighted by atomic mass is 9.90. The fourth-order valence-electron chi connectivity index (χ4n) is 3.17. The largest absolute Gasteiger partial charge is 0.399 e. The van der Waals surface area contributed by atoms with E-state index in [0.717, 1.165) is 24.8 Å². The lowest BCUT2D eigenvalue weighted by Gasteiger charge is -2.21. The Morgan fingerprint density at radius 2 is 1.62 bits per heavy atom. The number of benzene rings is 1. The van der Waals surface area contributed by atoms with Crippen molar-refractivity contribution in [3.8, 4) is 0 Å². The first-order chi connectivity index (χ1) is 10.3. The minimum atomic E-state index is 0.851. The molecule has 0 amide bonds. The minimum Gasteiger partial charge on any atom is -0.399 e. The van der Waals surface area contributed by atoms with Crippen molar-refractivity contribution in [1.82, 2.24) is 0 Å². The van der Waals surface area contributed by atoms with Crippen molar-refractivity contribution in [1.29, 1.82) is 0 Å². The van der Waals surface area contributed by atoms with Crippen LogP contribution in [-0.2, 0) is 11.2 Å². The van der Waals surface area contributed by atoms with Gasteiger partial charge in [-0.1, -0.05) is 44.2 Å². The monoisotopic (exact) mass is 289 g/mol. The third-order valence-corrected chi connectivity index (χ3v) is 4.56. The molecule has 1 aromatic carbocycles. The topological polar surface area (TPSA) is 35.2 Å². The first kappa shape index (κ1) is 16.4. The molecule has 118 valence electrons. The Bertz CT molecular complexity index is 368. The summed E-state index contributed by atoms with van der Waals surface area (Å²) in [5.74, 6) is 0.851. The van der Waals surface area contributed by atoms with Crippen molar-refractivity contribution in [2.75, 3.05) is 18.9 Å². The maximum Gasteiger partial charge on any atom is 0.0494 e. The fraction of sp³-hybridized carbons (Fsp3) is 0.684. The summed E-state index contributed by atoms with van der Waals surface area (Å²) in [7, 11) is 0. The minimum absolute atomic E-state index is 0.851. The van der Waals surface area contributed by atoms with E-state index < -0.39 is 0 Å². The Morgan fingerprint density at radius 3 is 2.38 bits per heavy atom. The van der Waals surface area contributed by atoms with Gasteiger partial charge in [0, 0.05) is 18.9 Å². The van der Waals surface area contributed by atoms with E-state index in [9.17, 15) is 0 Å². The Balaban J connectivity index is 1.40. The molecular formula is C19H31NO. The average Bonchev–Trinajstić information content (AvgIpc) is 2.53. The quantitative estimate of drug-likeness (QED) is 0.514. The number of hydrogen-bond donors (Lipinski definition) is 1. The standard InChI is InChI=1S/C19H31NO/c20-19-13-11-17(12-14-19)8-4-1-2-7-15-21-16-18-9-5-3-6-10-18/h11-14,18H,1-10,15-16,20H2. The summed E-state index contributed by atoms with van der Waals surface area (Å²) in [5.41, 5.74) is 7.95. The van der Waals surface area contributed by atoms with Crippen LogP contribution in [-0.4, -0.2) is 13.2 Å². The van der Waals surface area contributed by atoms with E-state index >= 15 is 0 Å². The van der Waals surface area contributed by atoms with E-state index in [2.05, 4.69) is 12.1 Å². The number of anilines is 1. The lowest BCUT2D eigenvalue weighted by molar-refractivity contribution is 0.0824. The molecule has 1 saturated carbocycles. The van der Waals surface area contributed by atoms with Crippen LogP contribution in [0, 0.1) is 5.92 Å². The van der Waals surface area contributed by atoms with Gasteiger partial charge in [0.15, 0.2) is 0 Å². The highest BCUT2D eigenvalue weighted by molar-refractivity contribution is 5.39. The number of unbranched alkanes of at least 4 members (excludes halogenated alkanes) is 3. The number of nitrogen functional groups attached to an aromatic ring is 1. The number of hydrogen-bond acceptors (Lipinski definition) is 2. The second-order valence-corrected chi connectivity index (χ2v) is 6.48. The smallest absolute Gasteiger partial charge is 0.0494 e. The molecule has 2 nitrogen and oxygen atoms in total. The van der Waals surface area contributed by atoms with Gasteiger partial charge < -0.3 is 10.5 Å². The molecule has 1 aliphatic carbocycles. The Hall–Kier alpha value is -1.02. The highest BCUT2D eigenvalue weighted by Gasteiger charge is 2.12. The van der Waals surface area contributed by atoms with E-state index in [1.807, 2.05) is 12.1 Å². The van der Waals surface area contributed by atoms with Crippen molar-refractivity contribution < 1.29 is 4.74 Å². The third kappa shape index (κ3) is 6.99. The SMILES string of the molecule is Nc1ccc(CCCCCCOCC2CCCCC2)cc1. The average molecular weight is 289 g/mol. The van der Waals surface area contributed by atoms with E-state index in [1.54, 1.807) is 0 Å². The Kier molecular flexibility index (Phi) is 7.66. The van der Waals surface area contributed by atoms with Crippen molar-refractivity contribution in [3.05, 3.63) is 29.8 Å². The van der Waals surface area contributed by atoms with Gasteiger partial charge in [-0.15, -0.1) is 0 Å². The van der Waals surface area contributed by atoms with E-state index in [1.165, 1.54) is 69.8 Å². The normalized spacial score (nSPS) is 16.2. The summed E-state index contributed by atoms with van der Waals surface area (Å²) in [4.78, 5) is 0. The maximum atomic E-state index is 5.84. The van der Waals surface area contributed by atoms with Gasteiger partial charge in [0.2, 0.25) is 0 Å². The fourth-order valence-corrected chi connectivity index (χ4v) is 3.17. The number of rotatable bonds is 9. The zero-order valence-electron chi connectivity index (χ0n) is 13.4. The van der Waals surface area contributed by atoms with Crippen LogP contribution in [0.5, 0.6) is 0 Å². The molecule has 0 radical (unpaired) electrons. The van der Waals surface area contributed by atoms with Crippen LogP contribution in [0.25, 0.3) is 0 Å². The lowest BCUT2D eigenvalue weighted by Crippen LogP contribution is -2.13. The van der Waals surface area contributed by atoms with E-state index in [4.69, 9.17) is 10.5 Å². The maximum absolute atomic E-state index is 5.84. The first-order valence-electron chi connectivity index (χ1n) is 8.77. The number of aryl methyl sites for hydroxylation is 1. The highest BCUT2D eigenvalue weighted by atomic mass is 16.5. The van der Waals surface area contributed by atoms with Gasteiger partial charge in [-0.05, 0) is 55.7 Å². The summed E-state index contributed by atoms with van der Waals surface area (Å²) >= 11 is 0. The molecule has 1 aromatic rings. The van der Waals surface area contributed by atoms with Crippen LogP contribution in [0.15, 0.2) is 24.3 Å². The van der Waals surface area contributed by atoms with Crippen LogP contribution in [0.2, 0.25) is 0 Å². The predicted molar refractivity (Wildman–Crippen MR) is 90.4 cm³/mol.